The molecule has 5 aliphatic rings. The Kier molecular flexibility index (Phi) is 3.72. The highest BCUT2D eigenvalue weighted by atomic mass is 32.2. The quantitative estimate of drug-likeness (QED) is 0.731. The Bertz CT molecular complexity index is 608. The summed E-state index contributed by atoms with van der Waals surface area (Å²) in [6.45, 7) is 0. The lowest BCUT2D eigenvalue weighted by Crippen LogP contribution is -2.56. The van der Waals surface area contributed by atoms with Crippen LogP contribution in [0.25, 0.3) is 0 Å². The summed E-state index contributed by atoms with van der Waals surface area (Å²) in [6.07, 6.45) is 7.48. The molecular weight excluding hydrogens is 332 g/mol. The molecule has 0 aromatic carbocycles. The minimum Gasteiger partial charge on any atom is -0.359 e. The van der Waals surface area contributed by atoms with E-state index in [2.05, 4.69) is 10.6 Å². The Morgan fingerprint density at radius 3 is 2.09 bits per heavy atom. The van der Waals surface area contributed by atoms with Crippen molar-refractivity contribution < 1.29 is 13.2 Å². The van der Waals surface area contributed by atoms with Gasteiger partial charge in [-0.05, 0) is 74.9 Å². The van der Waals surface area contributed by atoms with Gasteiger partial charge in [0, 0.05) is 6.04 Å². The first-order valence-electron chi connectivity index (χ1n) is 8.66. The van der Waals surface area contributed by atoms with E-state index in [9.17, 15) is 13.2 Å². The van der Waals surface area contributed by atoms with Gasteiger partial charge in [-0.25, -0.2) is 8.42 Å². The predicted molar refractivity (Wildman–Crippen MR) is 91.5 cm³/mol. The van der Waals surface area contributed by atoms with Crippen LogP contribution in [0.2, 0.25) is 0 Å². The molecule has 0 unspecified atom stereocenters. The summed E-state index contributed by atoms with van der Waals surface area (Å²) in [5.41, 5.74) is -0.220. The van der Waals surface area contributed by atoms with Crippen molar-refractivity contribution >= 4 is 33.1 Å². The van der Waals surface area contributed by atoms with E-state index >= 15 is 0 Å². The molecule has 4 saturated carbocycles. The van der Waals surface area contributed by atoms with Crippen LogP contribution in [0, 0.1) is 23.2 Å². The zero-order chi connectivity index (χ0) is 16.2. The Morgan fingerprint density at radius 2 is 1.61 bits per heavy atom. The maximum Gasteiger partial charge on any atom is 0.232 e. The monoisotopic (exact) mass is 356 g/mol. The van der Waals surface area contributed by atoms with E-state index < -0.39 is 9.84 Å². The summed E-state index contributed by atoms with van der Waals surface area (Å²) in [5.74, 6) is 2.53. The third-order valence-electron chi connectivity index (χ3n) is 6.31. The van der Waals surface area contributed by atoms with Crippen LogP contribution in [-0.4, -0.2) is 37.0 Å². The highest BCUT2D eigenvalue weighted by Crippen LogP contribution is 2.60. The molecule has 128 valence electrons. The third-order valence-corrected chi connectivity index (χ3v) is 8.30. The molecule has 1 heterocycles. The molecule has 1 atom stereocenters. The Morgan fingerprint density at radius 1 is 1.04 bits per heavy atom. The zero-order valence-corrected chi connectivity index (χ0v) is 14.8. The lowest BCUT2D eigenvalue weighted by molar-refractivity contribution is -0.144. The molecule has 0 aromatic rings. The van der Waals surface area contributed by atoms with Crippen LogP contribution in [0.3, 0.4) is 0 Å². The summed E-state index contributed by atoms with van der Waals surface area (Å²) < 4.78 is 23.0. The SMILES string of the molecule is O=C(NC(=S)N[C@@H]1CCS(=O)(=O)C1)C12CC3CC(CC(C3)C1)C2. The van der Waals surface area contributed by atoms with Gasteiger partial charge in [-0.1, -0.05) is 0 Å². The molecule has 5 fully saturated rings. The molecule has 2 N–H and O–H groups in total. The lowest BCUT2D eigenvalue weighted by atomic mass is 9.49. The summed E-state index contributed by atoms with van der Waals surface area (Å²) >= 11 is 5.26. The van der Waals surface area contributed by atoms with E-state index in [1.165, 1.54) is 19.3 Å². The maximum atomic E-state index is 12.9. The second kappa shape index (κ2) is 5.41. The van der Waals surface area contributed by atoms with Crippen LogP contribution in [-0.2, 0) is 14.6 Å². The molecule has 7 heteroatoms. The van der Waals surface area contributed by atoms with E-state index in [0.717, 1.165) is 19.3 Å². The first kappa shape index (κ1) is 15.8. The molecule has 4 aliphatic carbocycles. The van der Waals surface area contributed by atoms with Crippen LogP contribution in [0.5, 0.6) is 0 Å². The first-order valence-corrected chi connectivity index (χ1v) is 10.9. The second-order valence-corrected chi connectivity index (χ2v) is 10.9. The summed E-state index contributed by atoms with van der Waals surface area (Å²) in [6, 6.07) is -0.163. The van der Waals surface area contributed by atoms with Crippen molar-refractivity contribution in [3.63, 3.8) is 0 Å². The highest BCUT2D eigenvalue weighted by Gasteiger charge is 2.54. The summed E-state index contributed by atoms with van der Waals surface area (Å²) in [7, 11) is -2.94. The van der Waals surface area contributed by atoms with Crippen LogP contribution < -0.4 is 10.6 Å². The summed E-state index contributed by atoms with van der Waals surface area (Å²) in [5, 5.41) is 6.19. The average Bonchev–Trinajstić information content (AvgIpc) is 2.76. The van der Waals surface area contributed by atoms with E-state index in [1.807, 2.05) is 0 Å². The van der Waals surface area contributed by atoms with Gasteiger partial charge in [0.25, 0.3) is 0 Å². The molecule has 1 aliphatic heterocycles. The fourth-order valence-electron chi connectivity index (χ4n) is 5.75. The number of hydrogen-bond acceptors (Lipinski definition) is 4. The average molecular weight is 357 g/mol. The van der Waals surface area contributed by atoms with Crippen molar-refractivity contribution in [2.45, 2.75) is 51.0 Å². The molecule has 5 rings (SSSR count). The normalized spacial score (nSPS) is 43.3. The van der Waals surface area contributed by atoms with E-state index in [4.69, 9.17) is 12.2 Å². The van der Waals surface area contributed by atoms with Gasteiger partial charge in [-0.2, -0.15) is 0 Å². The van der Waals surface area contributed by atoms with Gasteiger partial charge in [0.2, 0.25) is 5.91 Å². The minimum absolute atomic E-state index is 0.0648. The van der Waals surface area contributed by atoms with E-state index in [1.54, 1.807) is 0 Å². The molecule has 1 saturated heterocycles. The number of amides is 1. The van der Waals surface area contributed by atoms with Gasteiger partial charge >= 0.3 is 0 Å². The van der Waals surface area contributed by atoms with Crippen molar-refractivity contribution in [2.75, 3.05) is 11.5 Å². The van der Waals surface area contributed by atoms with Gasteiger partial charge in [0.05, 0.1) is 16.9 Å². The Labute approximate surface area is 142 Å². The van der Waals surface area contributed by atoms with Gasteiger partial charge in [0.1, 0.15) is 0 Å². The number of rotatable bonds is 2. The van der Waals surface area contributed by atoms with Crippen LogP contribution in [0.15, 0.2) is 0 Å². The first-order chi connectivity index (χ1) is 10.8. The number of thiocarbonyl (C=S) groups is 1. The smallest absolute Gasteiger partial charge is 0.232 e. The number of sulfone groups is 1. The molecule has 0 aromatic heterocycles. The van der Waals surface area contributed by atoms with Crippen molar-refractivity contribution in [1.29, 1.82) is 0 Å². The molecule has 0 radical (unpaired) electrons. The number of nitrogens with one attached hydrogen (secondary N) is 2. The minimum atomic E-state index is -2.94. The predicted octanol–water partition coefficient (Wildman–Crippen LogP) is 1.38. The van der Waals surface area contributed by atoms with Crippen LogP contribution in [0.1, 0.15) is 44.9 Å². The van der Waals surface area contributed by atoms with Crippen molar-refractivity contribution in [1.82, 2.24) is 10.6 Å². The van der Waals surface area contributed by atoms with Gasteiger partial charge in [0.15, 0.2) is 14.9 Å². The molecular formula is C16H24N2O3S2. The molecule has 4 bridgehead atoms. The van der Waals surface area contributed by atoms with E-state index in [-0.39, 0.29) is 28.9 Å². The van der Waals surface area contributed by atoms with E-state index in [0.29, 0.717) is 29.3 Å². The zero-order valence-electron chi connectivity index (χ0n) is 13.2. The lowest BCUT2D eigenvalue weighted by Gasteiger charge is -2.55. The van der Waals surface area contributed by atoms with Gasteiger partial charge in [-0.15, -0.1) is 0 Å². The molecule has 0 spiro atoms. The van der Waals surface area contributed by atoms with Gasteiger partial charge < -0.3 is 10.6 Å². The Hall–Kier alpha value is -0.690. The maximum absolute atomic E-state index is 12.9. The highest BCUT2D eigenvalue weighted by molar-refractivity contribution is 7.91. The van der Waals surface area contributed by atoms with Crippen molar-refractivity contribution in [2.24, 2.45) is 23.2 Å². The fraction of sp³-hybridized carbons (Fsp3) is 0.875. The van der Waals surface area contributed by atoms with Gasteiger partial charge in [-0.3, -0.25) is 4.79 Å². The number of hydrogen-bond donors (Lipinski definition) is 2. The standard InChI is InChI=1S/C16H24N2O3S2/c19-14(18-15(22)17-13-1-2-23(20,21)9-13)16-6-10-3-11(7-16)5-12(4-10)8-16/h10-13H,1-9H2,(H2,17,18,19,22)/t10?,11?,12?,13-,16?/m1/s1. The number of carbonyl (C=O) groups excluding carboxylic acids is 1. The molecule has 5 nitrogen and oxygen atoms in total. The van der Waals surface area contributed by atoms with Crippen molar-refractivity contribution in [3.8, 4) is 0 Å². The fourth-order valence-corrected chi connectivity index (χ4v) is 7.69. The van der Waals surface area contributed by atoms with Crippen LogP contribution >= 0.6 is 12.2 Å². The van der Waals surface area contributed by atoms with Crippen LogP contribution in [0.4, 0.5) is 0 Å². The molecule has 23 heavy (non-hydrogen) atoms. The largest absolute Gasteiger partial charge is 0.359 e. The Balaban J connectivity index is 1.37. The van der Waals surface area contributed by atoms with Crippen molar-refractivity contribution in [3.05, 3.63) is 0 Å². The topological polar surface area (TPSA) is 75.3 Å². The third kappa shape index (κ3) is 3.02. The number of carbonyl (C=O) groups is 1. The summed E-state index contributed by atoms with van der Waals surface area (Å²) in [4.78, 5) is 12.9. The molecule has 1 amide bonds. The second-order valence-electron chi connectivity index (χ2n) is 8.23.